The Morgan fingerprint density at radius 3 is 2.48 bits per heavy atom. The second kappa shape index (κ2) is 10.2. The van der Waals surface area contributed by atoms with E-state index in [1.165, 1.54) is 6.07 Å². The number of nitrogens with zero attached hydrogens (tertiary/aromatic N) is 1. The van der Waals surface area contributed by atoms with Crippen LogP contribution in [0.1, 0.15) is 33.3 Å². The van der Waals surface area contributed by atoms with Gasteiger partial charge in [-0.3, -0.25) is 4.79 Å². The molecule has 1 fully saturated rings. The molecule has 1 aliphatic heterocycles. The van der Waals surface area contributed by atoms with Crippen molar-refractivity contribution in [3.63, 3.8) is 0 Å². The maximum atomic E-state index is 13.8. The van der Waals surface area contributed by atoms with E-state index >= 15 is 0 Å². The summed E-state index contributed by atoms with van der Waals surface area (Å²) in [5.41, 5.74) is 1.33. The Hall–Kier alpha value is -1.62. The molecular weight excluding hydrogens is 271 g/mol. The van der Waals surface area contributed by atoms with Gasteiger partial charge >= 0.3 is 5.97 Å². The van der Waals surface area contributed by atoms with Gasteiger partial charge in [0, 0.05) is 19.6 Å². The molecule has 1 aromatic carbocycles. The molecule has 1 heterocycles. The summed E-state index contributed by atoms with van der Waals surface area (Å²) < 4.78 is 13.8. The summed E-state index contributed by atoms with van der Waals surface area (Å²) in [6, 6.07) is 4.36. The van der Waals surface area contributed by atoms with Gasteiger partial charge in [-0.25, -0.2) is 4.39 Å². The molecule has 1 unspecified atom stereocenters. The van der Waals surface area contributed by atoms with E-state index in [2.05, 4.69) is 5.32 Å². The zero-order valence-electron chi connectivity index (χ0n) is 13.6. The van der Waals surface area contributed by atoms with E-state index < -0.39 is 12.0 Å². The molecule has 1 atom stereocenters. The first-order valence-corrected chi connectivity index (χ1v) is 7.55. The third kappa shape index (κ3) is 5.71. The molecule has 1 aromatic rings. The Bertz CT molecular complexity index is 438. The van der Waals surface area contributed by atoms with Gasteiger partial charge in [-0.15, -0.1) is 0 Å². The molecule has 0 bridgehead atoms. The van der Waals surface area contributed by atoms with Crippen LogP contribution in [0.5, 0.6) is 0 Å². The predicted molar refractivity (Wildman–Crippen MR) is 85.5 cm³/mol. The molecule has 2 rings (SSSR count). The number of piperazine rings is 1. The van der Waals surface area contributed by atoms with Gasteiger partial charge in [0.05, 0.1) is 5.69 Å². The zero-order valence-corrected chi connectivity index (χ0v) is 13.6. The molecule has 4 nitrogen and oxygen atoms in total. The fourth-order valence-corrected chi connectivity index (χ4v) is 2.00. The van der Waals surface area contributed by atoms with Crippen molar-refractivity contribution in [1.82, 2.24) is 5.32 Å². The zero-order chi connectivity index (χ0) is 16.4. The monoisotopic (exact) mass is 298 g/mol. The lowest BCUT2D eigenvalue weighted by Crippen LogP contribution is -2.54. The van der Waals surface area contributed by atoms with Crippen molar-refractivity contribution >= 4 is 11.7 Å². The number of aliphatic carboxylic acids is 1. The third-order valence-corrected chi connectivity index (χ3v) is 2.92. The third-order valence-electron chi connectivity index (χ3n) is 2.92. The van der Waals surface area contributed by atoms with Crippen LogP contribution in [0.15, 0.2) is 18.2 Å². The van der Waals surface area contributed by atoms with Gasteiger partial charge in [0.2, 0.25) is 0 Å². The van der Waals surface area contributed by atoms with Gasteiger partial charge in [-0.1, -0.05) is 33.8 Å². The number of carboxylic acid groups (broad SMARTS) is 1. The van der Waals surface area contributed by atoms with E-state index in [9.17, 15) is 9.18 Å². The minimum atomic E-state index is -0.901. The van der Waals surface area contributed by atoms with Crippen LogP contribution in [0, 0.1) is 12.7 Å². The lowest BCUT2D eigenvalue weighted by atomic mass is 10.1. The number of anilines is 1. The van der Waals surface area contributed by atoms with E-state index in [1.807, 2.05) is 40.7 Å². The standard InChI is InChI=1S/C12H15FN2O2.2C2H6/c1-8-2-3-11(9(13)6-8)15-5-4-14-10(7-15)12(16)17;2*1-2/h2-3,6,10,14H,4-5,7H2,1H3,(H,16,17);2*1-2H3. The van der Waals surface area contributed by atoms with Crippen molar-refractivity contribution in [2.75, 3.05) is 24.5 Å². The molecule has 5 heteroatoms. The van der Waals surface area contributed by atoms with E-state index in [1.54, 1.807) is 11.0 Å². The minimum absolute atomic E-state index is 0.287. The summed E-state index contributed by atoms with van der Waals surface area (Å²) in [5, 5.41) is 11.8. The van der Waals surface area contributed by atoms with Crippen LogP contribution in [-0.2, 0) is 4.79 Å². The number of halogens is 1. The Balaban J connectivity index is 0.000000921. The van der Waals surface area contributed by atoms with Crippen LogP contribution in [0.25, 0.3) is 0 Å². The number of hydrogen-bond donors (Lipinski definition) is 2. The molecule has 0 aliphatic carbocycles. The van der Waals surface area contributed by atoms with Crippen LogP contribution in [0.2, 0.25) is 0 Å². The van der Waals surface area contributed by atoms with Crippen LogP contribution in [0.3, 0.4) is 0 Å². The molecule has 1 aliphatic rings. The maximum Gasteiger partial charge on any atom is 0.322 e. The second-order valence-electron chi connectivity index (χ2n) is 4.25. The average Bonchev–Trinajstić information content (AvgIpc) is 2.51. The van der Waals surface area contributed by atoms with Crippen LogP contribution in [0.4, 0.5) is 10.1 Å². The minimum Gasteiger partial charge on any atom is -0.480 e. The molecule has 0 aromatic heterocycles. The van der Waals surface area contributed by atoms with Crippen molar-refractivity contribution in [3.05, 3.63) is 29.6 Å². The lowest BCUT2D eigenvalue weighted by molar-refractivity contribution is -0.139. The molecule has 0 amide bonds. The first kappa shape index (κ1) is 19.4. The SMILES string of the molecule is CC.CC.Cc1ccc(N2CCNC(C(=O)O)C2)c(F)c1. The number of hydrogen-bond acceptors (Lipinski definition) is 3. The van der Waals surface area contributed by atoms with Gasteiger partial charge in [0.15, 0.2) is 0 Å². The maximum absolute atomic E-state index is 13.8. The average molecular weight is 298 g/mol. The van der Waals surface area contributed by atoms with Crippen molar-refractivity contribution < 1.29 is 14.3 Å². The highest BCUT2D eigenvalue weighted by atomic mass is 19.1. The van der Waals surface area contributed by atoms with Crippen molar-refractivity contribution in [2.45, 2.75) is 40.7 Å². The molecule has 0 radical (unpaired) electrons. The first-order chi connectivity index (χ1) is 10.1. The summed E-state index contributed by atoms with van der Waals surface area (Å²) in [5.74, 6) is -1.20. The Labute approximate surface area is 127 Å². The Kier molecular flexibility index (Phi) is 9.37. The van der Waals surface area contributed by atoms with Gasteiger partial charge < -0.3 is 15.3 Å². The second-order valence-corrected chi connectivity index (χ2v) is 4.25. The topological polar surface area (TPSA) is 52.6 Å². The summed E-state index contributed by atoms with van der Waals surface area (Å²) in [4.78, 5) is 12.7. The van der Waals surface area contributed by atoms with E-state index in [-0.39, 0.29) is 12.4 Å². The number of carboxylic acids is 1. The van der Waals surface area contributed by atoms with Gasteiger partial charge in [-0.05, 0) is 24.6 Å². The van der Waals surface area contributed by atoms with E-state index in [0.29, 0.717) is 18.8 Å². The molecule has 0 spiro atoms. The van der Waals surface area contributed by atoms with Gasteiger partial charge in [0.25, 0.3) is 0 Å². The van der Waals surface area contributed by atoms with Crippen molar-refractivity contribution in [3.8, 4) is 0 Å². The number of aryl methyl sites for hydroxylation is 1. The van der Waals surface area contributed by atoms with Gasteiger partial charge in [0.1, 0.15) is 11.9 Å². The van der Waals surface area contributed by atoms with E-state index in [0.717, 1.165) is 5.56 Å². The molecule has 120 valence electrons. The molecule has 0 saturated carbocycles. The first-order valence-electron chi connectivity index (χ1n) is 7.55. The number of benzene rings is 1. The Morgan fingerprint density at radius 2 is 1.95 bits per heavy atom. The molecule has 21 heavy (non-hydrogen) atoms. The largest absolute Gasteiger partial charge is 0.480 e. The highest BCUT2D eigenvalue weighted by Crippen LogP contribution is 2.21. The van der Waals surface area contributed by atoms with Crippen molar-refractivity contribution in [2.24, 2.45) is 0 Å². The number of rotatable bonds is 2. The number of nitrogens with one attached hydrogen (secondary N) is 1. The lowest BCUT2D eigenvalue weighted by Gasteiger charge is -2.33. The predicted octanol–water partition coefficient (Wildman–Crippen LogP) is 3.05. The smallest absolute Gasteiger partial charge is 0.322 e. The highest BCUT2D eigenvalue weighted by molar-refractivity contribution is 5.75. The summed E-state index contributed by atoms with van der Waals surface area (Å²) in [6.07, 6.45) is 0. The van der Waals surface area contributed by atoms with E-state index in [4.69, 9.17) is 5.11 Å². The summed E-state index contributed by atoms with van der Waals surface area (Å²) >= 11 is 0. The van der Waals surface area contributed by atoms with Gasteiger partial charge in [-0.2, -0.15) is 0 Å². The quantitative estimate of drug-likeness (QED) is 0.881. The summed E-state index contributed by atoms with van der Waals surface area (Å²) in [6.45, 7) is 11.3. The normalized spacial score (nSPS) is 17.0. The van der Waals surface area contributed by atoms with Crippen LogP contribution in [-0.4, -0.2) is 36.8 Å². The van der Waals surface area contributed by atoms with Crippen LogP contribution >= 0.6 is 0 Å². The fourth-order valence-electron chi connectivity index (χ4n) is 2.00. The molecule has 2 N–H and O–H groups in total. The highest BCUT2D eigenvalue weighted by Gasteiger charge is 2.26. The Morgan fingerprint density at radius 1 is 1.33 bits per heavy atom. The summed E-state index contributed by atoms with van der Waals surface area (Å²) in [7, 11) is 0. The number of carbonyl (C=O) groups is 1. The molecular formula is C16H27FN2O2. The van der Waals surface area contributed by atoms with Crippen LogP contribution < -0.4 is 10.2 Å². The van der Waals surface area contributed by atoms with Crippen molar-refractivity contribution in [1.29, 1.82) is 0 Å². The molecule has 1 saturated heterocycles. The fraction of sp³-hybridized carbons (Fsp3) is 0.562.